The first-order chi connectivity index (χ1) is 11.2. The predicted octanol–water partition coefficient (Wildman–Crippen LogP) is 2.74. The molecule has 0 aromatic heterocycles. The highest BCUT2D eigenvalue weighted by Crippen LogP contribution is 2.32. The van der Waals surface area contributed by atoms with Gasteiger partial charge in [0.1, 0.15) is 0 Å². The lowest BCUT2D eigenvalue weighted by Crippen LogP contribution is -2.31. The van der Waals surface area contributed by atoms with Crippen LogP contribution in [-0.2, 0) is 11.2 Å². The summed E-state index contributed by atoms with van der Waals surface area (Å²) in [6.45, 7) is 4.22. The number of carbonyl (C=O) groups is 1. The Morgan fingerprint density at radius 3 is 2.48 bits per heavy atom. The number of nitrogens with two attached hydrogens (primary N) is 1. The van der Waals surface area contributed by atoms with Gasteiger partial charge in [-0.15, -0.1) is 0 Å². The highest BCUT2D eigenvalue weighted by atomic mass is 16.2. The van der Waals surface area contributed by atoms with Gasteiger partial charge in [-0.25, -0.2) is 0 Å². The van der Waals surface area contributed by atoms with Crippen molar-refractivity contribution < 1.29 is 4.79 Å². The molecule has 1 heterocycles. The summed E-state index contributed by atoms with van der Waals surface area (Å²) in [5.41, 5.74) is 9.54. The molecule has 1 saturated heterocycles. The van der Waals surface area contributed by atoms with Crippen LogP contribution in [0.15, 0.2) is 54.6 Å². The molecule has 0 saturated carbocycles. The average Bonchev–Trinajstić information content (AvgIpc) is 3.02. The SMILES string of the molecule is Cc1ccccc1CC(=O)N1C[C@@H](CN)[C@H](c2ccccc2)C1. The predicted molar refractivity (Wildman–Crippen MR) is 93.2 cm³/mol. The Kier molecular flexibility index (Phi) is 4.77. The molecule has 0 spiro atoms. The lowest BCUT2D eigenvalue weighted by Gasteiger charge is -2.17. The number of hydrogen-bond acceptors (Lipinski definition) is 2. The molecule has 23 heavy (non-hydrogen) atoms. The van der Waals surface area contributed by atoms with Crippen molar-refractivity contribution in [1.29, 1.82) is 0 Å². The Labute approximate surface area is 138 Å². The molecule has 2 aromatic carbocycles. The van der Waals surface area contributed by atoms with Crippen LogP contribution >= 0.6 is 0 Å². The molecule has 3 heteroatoms. The lowest BCUT2D eigenvalue weighted by molar-refractivity contribution is -0.129. The number of rotatable bonds is 4. The van der Waals surface area contributed by atoms with Crippen LogP contribution in [0, 0.1) is 12.8 Å². The van der Waals surface area contributed by atoms with Crippen LogP contribution in [0.4, 0.5) is 0 Å². The molecule has 1 aliphatic rings. The monoisotopic (exact) mass is 308 g/mol. The quantitative estimate of drug-likeness (QED) is 0.944. The van der Waals surface area contributed by atoms with Crippen molar-refractivity contribution in [3.05, 3.63) is 71.3 Å². The Hall–Kier alpha value is -2.13. The summed E-state index contributed by atoms with van der Waals surface area (Å²) in [4.78, 5) is 14.7. The van der Waals surface area contributed by atoms with E-state index in [4.69, 9.17) is 5.73 Å². The van der Waals surface area contributed by atoms with E-state index < -0.39 is 0 Å². The van der Waals surface area contributed by atoms with Gasteiger partial charge >= 0.3 is 0 Å². The Bertz CT molecular complexity index is 668. The summed E-state index contributed by atoms with van der Waals surface area (Å²) < 4.78 is 0. The van der Waals surface area contributed by atoms with Gasteiger partial charge in [-0.1, -0.05) is 54.6 Å². The van der Waals surface area contributed by atoms with Crippen molar-refractivity contribution in [3.63, 3.8) is 0 Å². The van der Waals surface area contributed by atoms with Gasteiger partial charge in [0.15, 0.2) is 0 Å². The van der Waals surface area contributed by atoms with Crippen molar-refractivity contribution in [2.75, 3.05) is 19.6 Å². The Balaban J connectivity index is 1.72. The first-order valence-corrected chi connectivity index (χ1v) is 8.26. The zero-order chi connectivity index (χ0) is 16.2. The van der Waals surface area contributed by atoms with E-state index in [0.29, 0.717) is 24.8 Å². The maximum Gasteiger partial charge on any atom is 0.227 e. The minimum absolute atomic E-state index is 0.205. The third-order valence-corrected chi connectivity index (χ3v) is 4.93. The zero-order valence-electron chi connectivity index (χ0n) is 13.6. The molecule has 0 unspecified atom stereocenters. The summed E-state index contributed by atoms with van der Waals surface area (Å²) in [5.74, 6) is 0.899. The molecule has 3 rings (SSSR count). The number of nitrogens with zero attached hydrogens (tertiary/aromatic N) is 1. The number of benzene rings is 2. The summed E-state index contributed by atoms with van der Waals surface area (Å²) >= 11 is 0. The van der Waals surface area contributed by atoms with E-state index in [1.54, 1.807) is 0 Å². The standard InChI is InChI=1S/C20H24N2O/c1-15-7-5-6-10-17(15)11-20(23)22-13-18(12-21)19(14-22)16-8-3-2-4-9-16/h2-10,18-19H,11-14,21H2,1H3/t18-,19+/m1/s1. The van der Waals surface area contributed by atoms with Crippen LogP contribution < -0.4 is 5.73 Å². The number of likely N-dealkylation sites (tertiary alicyclic amines) is 1. The van der Waals surface area contributed by atoms with E-state index in [0.717, 1.165) is 18.7 Å². The largest absolute Gasteiger partial charge is 0.341 e. The fourth-order valence-corrected chi connectivity index (χ4v) is 3.47. The van der Waals surface area contributed by atoms with E-state index >= 15 is 0 Å². The van der Waals surface area contributed by atoms with Crippen LogP contribution in [0.3, 0.4) is 0 Å². The van der Waals surface area contributed by atoms with Gasteiger partial charge in [-0.05, 0) is 36.1 Å². The average molecular weight is 308 g/mol. The highest BCUT2D eigenvalue weighted by Gasteiger charge is 2.35. The van der Waals surface area contributed by atoms with Gasteiger partial charge in [0.05, 0.1) is 6.42 Å². The summed E-state index contributed by atoms with van der Waals surface area (Å²) in [6, 6.07) is 18.5. The minimum Gasteiger partial charge on any atom is -0.341 e. The molecule has 1 aliphatic heterocycles. The summed E-state index contributed by atoms with van der Waals surface area (Å²) in [6.07, 6.45) is 0.478. The Morgan fingerprint density at radius 2 is 1.78 bits per heavy atom. The lowest BCUT2D eigenvalue weighted by atomic mass is 9.89. The fourth-order valence-electron chi connectivity index (χ4n) is 3.47. The topological polar surface area (TPSA) is 46.3 Å². The van der Waals surface area contributed by atoms with E-state index in [1.807, 2.05) is 29.2 Å². The zero-order valence-corrected chi connectivity index (χ0v) is 13.6. The molecule has 1 fully saturated rings. The van der Waals surface area contributed by atoms with Crippen molar-refractivity contribution in [1.82, 2.24) is 4.90 Å². The van der Waals surface area contributed by atoms with Crippen molar-refractivity contribution in [3.8, 4) is 0 Å². The maximum atomic E-state index is 12.7. The van der Waals surface area contributed by atoms with Crippen LogP contribution in [0.1, 0.15) is 22.6 Å². The molecular weight excluding hydrogens is 284 g/mol. The molecular formula is C20H24N2O. The second-order valence-electron chi connectivity index (χ2n) is 6.41. The van der Waals surface area contributed by atoms with E-state index in [9.17, 15) is 4.79 Å². The Morgan fingerprint density at radius 1 is 1.09 bits per heavy atom. The molecule has 2 aromatic rings. The van der Waals surface area contributed by atoms with Crippen LogP contribution in [-0.4, -0.2) is 30.4 Å². The minimum atomic E-state index is 0.205. The first-order valence-electron chi connectivity index (χ1n) is 8.26. The smallest absolute Gasteiger partial charge is 0.227 e. The molecule has 120 valence electrons. The molecule has 0 bridgehead atoms. The molecule has 2 N–H and O–H groups in total. The first kappa shape index (κ1) is 15.8. The molecule has 0 aliphatic carbocycles. The summed E-state index contributed by atoms with van der Waals surface area (Å²) in [7, 11) is 0. The third-order valence-electron chi connectivity index (χ3n) is 4.93. The number of amides is 1. The second kappa shape index (κ2) is 6.97. The van der Waals surface area contributed by atoms with Crippen molar-refractivity contribution >= 4 is 5.91 Å². The van der Waals surface area contributed by atoms with Gasteiger partial charge in [-0.3, -0.25) is 4.79 Å². The van der Waals surface area contributed by atoms with Crippen molar-refractivity contribution in [2.24, 2.45) is 11.7 Å². The number of hydrogen-bond donors (Lipinski definition) is 1. The van der Waals surface area contributed by atoms with Crippen LogP contribution in [0.25, 0.3) is 0 Å². The molecule has 3 nitrogen and oxygen atoms in total. The van der Waals surface area contributed by atoms with Crippen LogP contribution in [0.2, 0.25) is 0 Å². The van der Waals surface area contributed by atoms with Gasteiger partial charge < -0.3 is 10.6 Å². The second-order valence-corrected chi connectivity index (χ2v) is 6.41. The third kappa shape index (κ3) is 3.45. The number of aryl methyl sites for hydroxylation is 1. The van der Waals surface area contributed by atoms with E-state index in [-0.39, 0.29) is 5.91 Å². The summed E-state index contributed by atoms with van der Waals surface area (Å²) in [5, 5.41) is 0. The van der Waals surface area contributed by atoms with Gasteiger partial charge in [0.25, 0.3) is 0 Å². The fraction of sp³-hybridized carbons (Fsp3) is 0.350. The molecule has 0 radical (unpaired) electrons. The van der Waals surface area contributed by atoms with Gasteiger partial charge in [-0.2, -0.15) is 0 Å². The highest BCUT2D eigenvalue weighted by molar-refractivity contribution is 5.79. The van der Waals surface area contributed by atoms with Crippen molar-refractivity contribution in [2.45, 2.75) is 19.3 Å². The van der Waals surface area contributed by atoms with Crippen LogP contribution in [0.5, 0.6) is 0 Å². The molecule has 2 atom stereocenters. The normalized spacial score (nSPS) is 20.7. The van der Waals surface area contributed by atoms with E-state index in [1.165, 1.54) is 11.1 Å². The van der Waals surface area contributed by atoms with E-state index in [2.05, 4.69) is 37.3 Å². The number of carbonyl (C=O) groups excluding carboxylic acids is 1. The van der Waals surface area contributed by atoms with Gasteiger partial charge in [0.2, 0.25) is 5.91 Å². The van der Waals surface area contributed by atoms with Gasteiger partial charge in [0, 0.05) is 19.0 Å². The maximum absolute atomic E-state index is 12.7. The molecule has 1 amide bonds.